The molecule has 4 rings (SSSR count). The summed E-state index contributed by atoms with van der Waals surface area (Å²) in [5.74, 6) is -0.622. The molecule has 0 spiro atoms. The number of anilines is 1. The van der Waals surface area contributed by atoms with Gasteiger partial charge in [0.2, 0.25) is 10.0 Å². The van der Waals surface area contributed by atoms with E-state index in [-0.39, 0.29) is 21.4 Å². The number of halogens is 2. The second kappa shape index (κ2) is 7.54. The number of fused-ring (bicyclic) bond motifs is 1. The van der Waals surface area contributed by atoms with Crippen LogP contribution in [0.5, 0.6) is 0 Å². The predicted octanol–water partition coefficient (Wildman–Crippen LogP) is 3.41. The van der Waals surface area contributed by atoms with Crippen LogP contribution in [0.2, 0.25) is 5.02 Å². The van der Waals surface area contributed by atoms with Crippen molar-refractivity contribution in [3.05, 3.63) is 52.8 Å². The topological polar surface area (TPSA) is 74.8 Å². The van der Waals surface area contributed by atoms with E-state index >= 15 is 0 Å². The molecule has 2 aliphatic rings. The van der Waals surface area contributed by atoms with Crippen molar-refractivity contribution in [3.8, 4) is 0 Å². The van der Waals surface area contributed by atoms with Crippen LogP contribution < -0.4 is 4.31 Å². The Morgan fingerprint density at radius 2 is 1.59 bits per heavy atom. The van der Waals surface area contributed by atoms with Crippen LogP contribution in [0.4, 0.5) is 10.1 Å². The zero-order valence-electron chi connectivity index (χ0n) is 15.5. The first kappa shape index (κ1) is 20.6. The minimum absolute atomic E-state index is 0.165. The van der Waals surface area contributed by atoms with E-state index in [1.54, 1.807) is 6.07 Å². The Bertz CT molecular complexity index is 1160. The molecule has 0 N–H and O–H groups in total. The lowest BCUT2D eigenvalue weighted by atomic mass is 10.2. The number of benzene rings is 2. The van der Waals surface area contributed by atoms with Gasteiger partial charge in [-0.25, -0.2) is 21.2 Å². The van der Waals surface area contributed by atoms with Crippen molar-refractivity contribution in [1.82, 2.24) is 4.31 Å². The van der Waals surface area contributed by atoms with Crippen LogP contribution in [-0.4, -0.2) is 40.8 Å². The fourth-order valence-corrected chi connectivity index (χ4v) is 7.39. The molecule has 2 aliphatic heterocycles. The van der Waals surface area contributed by atoms with Gasteiger partial charge in [-0.05, 0) is 61.2 Å². The maximum Gasteiger partial charge on any atom is 0.265 e. The van der Waals surface area contributed by atoms with Gasteiger partial charge in [0.1, 0.15) is 10.7 Å². The van der Waals surface area contributed by atoms with E-state index in [1.165, 1.54) is 20.7 Å². The zero-order chi connectivity index (χ0) is 20.8. The van der Waals surface area contributed by atoms with Gasteiger partial charge < -0.3 is 0 Å². The van der Waals surface area contributed by atoms with Crippen LogP contribution in [-0.2, 0) is 26.5 Å². The van der Waals surface area contributed by atoms with E-state index < -0.39 is 25.9 Å². The van der Waals surface area contributed by atoms with Crippen molar-refractivity contribution in [3.63, 3.8) is 0 Å². The highest BCUT2D eigenvalue weighted by atomic mass is 35.5. The number of nitrogens with zero attached hydrogens (tertiary/aromatic N) is 2. The molecule has 2 heterocycles. The third-order valence-electron chi connectivity index (χ3n) is 5.32. The molecule has 156 valence electrons. The summed E-state index contributed by atoms with van der Waals surface area (Å²) in [4.78, 5) is -0.00403. The number of piperidine rings is 1. The van der Waals surface area contributed by atoms with Crippen molar-refractivity contribution < 1.29 is 21.2 Å². The third-order valence-corrected chi connectivity index (χ3v) is 9.51. The summed E-state index contributed by atoms with van der Waals surface area (Å²) >= 11 is 5.96. The molecule has 0 aromatic heterocycles. The van der Waals surface area contributed by atoms with Crippen LogP contribution in [0.25, 0.3) is 0 Å². The Kier molecular flexibility index (Phi) is 5.35. The normalized spacial score (nSPS) is 18.1. The van der Waals surface area contributed by atoms with Gasteiger partial charge in [-0.1, -0.05) is 18.0 Å². The molecule has 1 fully saturated rings. The van der Waals surface area contributed by atoms with Crippen LogP contribution >= 0.6 is 11.6 Å². The van der Waals surface area contributed by atoms with E-state index in [0.29, 0.717) is 30.8 Å². The highest BCUT2D eigenvalue weighted by Gasteiger charge is 2.34. The average molecular weight is 459 g/mol. The van der Waals surface area contributed by atoms with Gasteiger partial charge in [-0.3, -0.25) is 4.31 Å². The van der Waals surface area contributed by atoms with Gasteiger partial charge in [0.25, 0.3) is 10.0 Å². The summed E-state index contributed by atoms with van der Waals surface area (Å²) in [7, 11) is -7.59. The highest BCUT2D eigenvalue weighted by Crippen LogP contribution is 2.37. The van der Waals surface area contributed by atoms with Crippen molar-refractivity contribution in [2.75, 3.05) is 23.9 Å². The van der Waals surface area contributed by atoms with E-state index in [4.69, 9.17) is 11.6 Å². The van der Waals surface area contributed by atoms with Crippen LogP contribution in [0, 0.1) is 5.82 Å². The molecule has 0 aliphatic carbocycles. The SMILES string of the molecule is O=S(=O)(c1ccc2c(c1)CCN2S(=O)(=O)c1ccc(F)cc1Cl)N1CCCCC1. The molecule has 0 radical (unpaired) electrons. The van der Waals surface area contributed by atoms with Crippen LogP contribution in [0.1, 0.15) is 24.8 Å². The Morgan fingerprint density at radius 1 is 0.862 bits per heavy atom. The molecule has 0 saturated carbocycles. The largest absolute Gasteiger partial charge is 0.266 e. The maximum absolute atomic E-state index is 13.3. The molecule has 2 aromatic carbocycles. The standard InChI is InChI=1S/C19H20ClFN2O4S2/c20-17-13-15(21)4-7-19(17)29(26,27)23-11-8-14-12-16(5-6-18(14)23)28(24,25)22-9-2-1-3-10-22/h4-7,12-13H,1-3,8-11H2. The molecule has 2 aromatic rings. The van der Waals surface area contributed by atoms with Gasteiger partial charge in [-0.15, -0.1) is 0 Å². The quantitative estimate of drug-likeness (QED) is 0.703. The fraction of sp³-hybridized carbons (Fsp3) is 0.368. The second-order valence-corrected chi connectivity index (χ2v) is 11.3. The predicted molar refractivity (Wildman–Crippen MR) is 109 cm³/mol. The fourth-order valence-electron chi connectivity index (χ4n) is 3.82. The summed E-state index contributed by atoms with van der Waals surface area (Å²) in [6.45, 7) is 1.17. The minimum Gasteiger partial charge on any atom is -0.266 e. The van der Waals surface area contributed by atoms with Gasteiger partial charge in [0.15, 0.2) is 0 Å². The van der Waals surface area contributed by atoms with E-state index in [0.717, 1.165) is 37.5 Å². The Labute approximate surface area is 175 Å². The molecule has 6 nitrogen and oxygen atoms in total. The average Bonchev–Trinajstić information content (AvgIpc) is 3.12. The molecule has 29 heavy (non-hydrogen) atoms. The minimum atomic E-state index is -3.99. The Balaban J connectivity index is 1.68. The number of sulfonamides is 2. The molecular weight excluding hydrogens is 439 g/mol. The van der Waals surface area contributed by atoms with Gasteiger partial charge >= 0.3 is 0 Å². The zero-order valence-corrected chi connectivity index (χ0v) is 17.9. The molecule has 1 saturated heterocycles. The number of rotatable bonds is 4. The first-order valence-electron chi connectivity index (χ1n) is 9.32. The maximum atomic E-state index is 13.3. The van der Waals surface area contributed by atoms with E-state index in [2.05, 4.69) is 0 Å². The summed E-state index contributed by atoms with van der Waals surface area (Å²) < 4.78 is 67.9. The third kappa shape index (κ3) is 3.65. The number of hydrogen-bond donors (Lipinski definition) is 0. The molecule has 0 amide bonds. The molecular formula is C19H20ClFN2O4S2. The second-order valence-electron chi connectivity index (χ2n) is 7.16. The van der Waals surface area contributed by atoms with Gasteiger partial charge in [0.05, 0.1) is 15.6 Å². The summed E-state index contributed by atoms with van der Waals surface area (Å²) in [6, 6.07) is 7.67. The first-order valence-corrected chi connectivity index (χ1v) is 12.6. The van der Waals surface area contributed by atoms with Gasteiger partial charge in [0, 0.05) is 19.6 Å². The van der Waals surface area contributed by atoms with Gasteiger partial charge in [-0.2, -0.15) is 4.31 Å². The summed E-state index contributed by atoms with van der Waals surface area (Å²) in [5.41, 5.74) is 1.06. The van der Waals surface area contributed by atoms with Crippen molar-refractivity contribution >= 4 is 37.3 Å². The molecule has 0 bridgehead atoms. The Hall–Kier alpha value is -1.68. The lowest BCUT2D eigenvalue weighted by Crippen LogP contribution is -2.35. The first-order chi connectivity index (χ1) is 13.7. The number of hydrogen-bond acceptors (Lipinski definition) is 4. The monoisotopic (exact) mass is 458 g/mol. The molecule has 10 heteroatoms. The van der Waals surface area contributed by atoms with Crippen LogP contribution in [0.15, 0.2) is 46.2 Å². The smallest absolute Gasteiger partial charge is 0.265 e. The lowest BCUT2D eigenvalue weighted by molar-refractivity contribution is 0.346. The summed E-state index contributed by atoms with van der Waals surface area (Å²) in [6.07, 6.45) is 3.09. The van der Waals surface area contributed by atoms with Crippen molar-refractivity contribution in [1.29, 1.82) is 0 Å². The lowest BCUT2D eigenvalue weighted by Gasteiger charge is -2.26. The summed E-state index contributed by atoms with van der Waals surface area (Å²) in [5, 5.41) is -0.192. The van der Waals surface area contributed by atoms with Crippen LogP contribution in [0.3, 0.4) is 0 Å². The van der Waals surface area contributed by atoms with Crippen molar-refractivity contribution in [2.45, 2.75) is 35.5 Å². The molecule has 0 atom stereocenters. The van der Waals surface area contributed by atoms with E-state index in [9.17, 15) is 21.2 Å². The van der Waals surface area contributed by atoms with E-state index in [1.807, 2.05) is 0 Å². The highest BCUT2D eigenvalue weighted by molar-refractivity contribution is 7.93. The van der Waals surface area contributed by atoms with Crippen molar-refractivity contribution in [2.24, 2.45) is 0 Å². The Morgan fingerprint density at radius 3 is 2.28 bits per heavy atom. The molecule has 0 unspecified atom stereocenters.